The van der Waals surface area contributed by atoms with E-state index in [0.29, 0.717) is 5.92 Å². The standard InChI is InChI=1S/C20H28N4S.HI/c1-3-18-14-23-19(25-18)9-11-22-20(21-2)24-12-10-17(15-24)13-16-7-5-4-6-8-16;/h4-8,14,17H,3,9-13,15H2,1-2H3,(H,21,22);1H. The lowest BCUT2D eigenvalue weighted by atomic mass is 9.99. The smallest absolute Gasteiger partial charge is 0.193 e. The molecule has 4 nitrogen and oxygen atoms in total. The van der Waals surface area contributed by atoms with E-state index in [9.17, 15) is 0 Å². The Labute approximate surface area is 178 Å². The third-order valence-corrected chi connectivity index (χ3v) is 5.94. The first kappa shape index (κ1) is 21.2. The summed E-state index contributed by atoms with van der Waals surface area (Å²) in [5, 5.41) is 4.73. The zero-order valence-corrected chi connectivity index (χ0v) is 18.8. The first-order valence-corrected chi connectivity index (χ1v) is 10.0. The van der Waals surface area contributed by atoms with Gasteiger partial charge in [0.2, 0.25) is 0 Å². The van der Waals surface area contributed by atoms with Crippen molar-refractivity contribution >= 4 is 41.3 Å². The number of likely N-dealkylation sites (tertiary alicyclic amines) is 1. The van der Waals surface area contributed by atoms with Gasteiger partial charge in [0, 0.05) is 44.2 Å². The molecule has 1 aromatic heterocycles. The molecule has 142 valence electrons. The molecule has 6 heteroatoms. The summed E-state index contributed by atoms with van der Waals surface area (Å²) in [6.07, 6.45) is 6.44. The number of guanidine groups is 1. The number of benzene rings is 1. The molecule has 1 N–H and O–H groups in total. The van der Waals surface area contributed by atoms with Gasteiger partial charge in [-0.15, -0.1) is 35.3 Å². The Morgan fingerprint density at radius 1 is 1.35 bits per heavy atom. The van der Waals surface area contributed by atoms with E-state index in [2.05, 4.69) is 57.4 Å². The summed E-state index contributed by atoms with van der Waals surface area (Å²) >= 11 is 1.82. The average Bonchev–Trinajstić information content (AvgIpc) is 3.29. The Morgan fingerprint density at radius 3 is 2.85 bits per heavy atom. The number of aryl methyl sites for hydroxylation is 1. The molecule has 1 fully saturated rings. The SMILES string of the molecule is CCc1cnc(CCNC(=NC)N2CCC(Cc3ccccc3)C2)s1.I. The van der Waals surface area contributed by atoms with E-state index in [4.69, 9.17) is 0 Å². The number of halogens is 1. The lowest BCUT2D eigenvalue weighted by molar-refractivity contribution is 0.460. The van der Waals surface area contributed by atoms with Crippen molar-refractivity contribution in [1.82, 2.24) is 15.2 Å². The zero-order valence-electron chi connectivity index (χ0n) is 15.6. The maximum Gasteiger partial charge on any atom is 0.193 e. The summed E-state index contributed by atoms with van der Waals surface area (Å²) in [6, 6.07) is 10.8. The largest absolute Gasteiger partial charge is 0.356 e. The lowest BCUT2D eigenvalue weighted by Crippen LogP contribution is -2.41. The third kappa shape index (κ3) is 5.94. The van der Waals surface area contributed by atoms with Gasteiger partial charge in [-0.05, 0) is 30.7 Å². The van der Waals surface area contributed by atoms with Gasteiger partial charge in [0.05, 0.1) is 5.01 Å². The summed E-state index contributed by atoms with van der Waals surface area (Å²) < 4.78 is 0. The minimum Gasteiger partial charge on any atom is -0.356 e. The van der Waals surface area contributed by atoms with Crippen molar-refractivity contribution < 1.29 is 0 Å². The highest BCUT2D eigenvalue weighted by Gasteiger charge is 2.24. The Morgan fingerprint density at radius 2 is 2.15 bits per heavy atom. The summed E-state index contributed by atoms with van der Waals surface area (Å²) in [5.41, 5.74) is 1.44. The molecule has 1 aromatic carbocycles. The van der Waals surface area contributed by atoms with Crippen LogP contribution in [0.25, 0.3) is 0 Å². The molecule has 2 heterocycles. The monoisotopic (exact) mass is 484 g/mol. The van der Waals surface area contributed by atoms with E-state index < -0.39 is 0 Å². The molecule has 0 spiro atoms. The van der Waals surface area contributed by atoms with Gasteiger partial charge >= 0.3 is 0 Å². The van der Waals surface area contributed by atoms with Crippen LogP contribution in [0.3, 0.4) is 0 Å². The van der Waals surface area contributed by atoms with Crippen LogP contribution in [0.2, 0.25) is 0 Å². The summed E-state index contributed by atoms with van der Waals surface area (Å²) in [7, 11) is 1.88. The number of aliphatic imine (C=N–C) groups is 1. The van der Waals surface area contributed by atoms with Crippen molar-refractivity contribution in [3.63, 3.8) is 0 Å². The van der Waals surface area contributed by atoms with Crippen molar-refractivity contribution in [1.29, 1.82) is 0 Å². The maximum atomic E-state index is 4.49. The van der Waals surface area contributed by atoms with Gasteiger partial charge in [-0.1, -0.05) is 37.3 Å². The second-order valence-corrected chi connectivity index (χ2v) is 7.79. The number of hydrogen-bond acceptors (Lipinski definition) is 3. The lowest BCUT2D eigenvalue weighted by Gasteiger charge is -2.21. The molecule has 0 amide bonds. The van der Waals surface area contributed by atoms with E-state index in [1.807, 2.05) is 24.6 Å². The normalized spacial score (nSPS) is 17.2. The van der Waals surface area contributed by atoms with E-state index in [1.54, 1.807) is 0 Å². The van der Waals surface area contributed by atoms with Crippen LogP contribution in [-0.4, -0.2) is 42.5 Å². The fourth-order valence-corrected chi connectivity index (χ4v) is 4.24. The molecule has 26 heavy (non-hydrogen) atoms. The van der Waals surface area contributed by atoms with Crippen molar-refractivity contribution in [3.05, 3.63) is 52.0 Å². The number of nitrogens with one attached hydrogen (secondary N) is 1. The predicted molar refractivity (Wildman–Crippen MR) is 122 cm³/mol. The van der Waals surface area contributed by atoms with Crippen LogP contribution < -0.4 is 5.32 Å². The van der Waals surface area contributed by atoms with E-state index in [-0.39, 0.29) is 24.0 Å². The minimum absolute atomic E-state index is 0. The van der Waals surface area contributed by atoms with Crippen LogP contribution in [-0.2, 0) is 19.3 Å². The highest BCUT2D eigenvalue weighted by Crippen LogP contribution is 2.21. The van der Waals surface area contributed by atoms with Crippen LogP contribution in [0, 0.1) is 5.92 Å². The van der Waals surface area contributed by atoms with E-state index in [1.165, 1.54) is 21.9 Å². The van der Waals surface area contributed by atoms with Crippen LogP contribution in [0.15, 0.2) is 41.5 Å². The van der Waals surface area contributed by atoms with Gasteiger partial charge in [0.1, 0.15) is 0 Å². The number of thiazole rings is 1. The van der Waals surface area contributed by atoms with Gasteiger partial charge in [-0.3, -0.25) is 4.99 Å². The number of hydrogen-bond donors (Lipinski definition) is 1. The second kappa shape index (κ2) is 10.9. The molecule has 2 aromatic rings. The quantitative estimate of drug-likeness (QED) is 0.383. The van der Waals surface area contributed by atoms with E-state index in [0.717, 1.165) is 44.9 Å². The van der Waals surface area contributed by atoms with Crippen LogP contribution in [0.5, 0.6) is 0 Å². The number of nitrogens with zero attached hydrogens (tertiary/aromatic N) is 3. The summed E-state index contributed by atoms with van der Waals surface area (Å²) in [6.45, 7) is 5.25. The summed E-state index contributed by atoms with van der Waals surface area (Å²) in [5.74, 6) is 1.75. The Kier molecular flexibility index (Phi) is 8.84. The third-order valence-electron chi connectivity index (χ3n) is 4.74. The van der Waals surface area contributed by atoms with Crippen molar-refractivity contribution in [2.45, 2.75) is 32.6 Å². The molecule has 1 aliphatic heterocycles. The van der Waals surface area contributed by atoms with Crippen molar-refractivity contribution in [3.8, 4) is 0 Å². The van der Waals surface area contributed by atoms with Crippen LogP contribution >= 0.6 is 35.3 Å². The molecule has 0 radical (unpaired) electrons. The minimum atomic E-state index is 0. The highest BCUT2D eigenvalue weighted by atomic mass is 127. The molecular weight excluding hydrogens is 455 g/mol. The fourth-order valence-electron chi connectivity index (χ4n) is 3.38. The molecule has 3 rings (SSSR count). The topological polar surface area (TPSA) is 40.5 Å². The highest BCUT2D eigenvalue weighted by molar-refractivity contribution is 14.0. The maximum absolute atomic E-state index is 4.49. The molecule has 1 unspecified atom stereocenters. The number of aromatic nitrogens is 1. The van der Waals surface area contributed by atoms with Crippen LogP contribution in [0.1, 0.15) is 28.8 Å². The number of rotatable bonds is 6. The average molecular weight is 484 g/mol. The van der Waals surface area contributed by atoms with Gasteiger partial charge in [-0.25, -0.2) is 4.98 Å². The Balaban J connectivity index is 0.00000243. The molecule has 1 atom stereocenters. The molecule has 0 bridgehead atoms. The predicted octanol–water partition coefficient (Wildman–Crippen LogP) is 4.01. The van der Waals surface area contributed by atoms with Gasteiger partial charge in [0.25, 0.3) is 0 Å². The van der Waals surface area contributed by atoms with Crippen LogP contribution in [0.4, 0.5) is 0 Å². The second-order valence-electron chi connectivity index (χ2n) is 6.59. The molecule has 0 saturated carbocycles. The Bertz CT molecular complexity index is 686. The van der Waals surface area contributed by atoms with Crippen molar-refractivity contribution in [2.75, 3.05) is 26.7 Å². The van der Waals surface area contributed by atoms with Gasteiger partial charge in [0.15, 0.2) is 5.96 Å². The van der Waals surface area contributed by atoms with Gasteiger partial charge < -0.3 is 10.2 Å². The van der Waals surface area contributed by atoms with Crippen molar-refractivity contribution in [2.24, 2.45) is 10.9 Å². The van der Waals surface area contributed by atoms with Gasteiger partial charge in [-0.2, -0.15) is 0 Å². The zero-order chi connectivity index (χ0) is 17.5. The first-order valence-electron chi connectivity index (χ1n) is 9.21. The fraction of sp³-hybridized carbons (Fsp3) is 0.500. The molecule has 1 saturated heterocycles. The molecule has 0 aliphatic carbocycles. The Hall–Kier alpha value is -1.15. The summed E-state index contributed by atoms with van der Waals surface area (Å²) in [4.78, 5) is 12.7. The molecular formula is C20H29IN4S. The molecule has 1 aliphatic rings. The van der Waals surface area contributed by atoms with E-state index >= 15 is 0 Å². The first-order chi connectivity index (χ1) is 12.3.